The fourth-order valence-electron chi connectivity index (χ4n) is 2.97. The van der Waals surface area contributed by atoms with Gasteiger partial charge in [0, 0.05) is 19.3 Å². The van der Waals surface area contributed by atoms with Crippen molar-refractivity contribution in [3.05, 3.63) is 24.0 Å². The number of hydrogen-bond donors (Lipinski definition) is 1. The van der Waals surface area contributed by atoms with Gasteiger partial charge in [-0.1, -0.05) is 0 Å². The van der Waals surface area contributed by atoms with Gasteiger partial charge in [0.1, 0.15) is 0 Å². The van der Waals surface area contributed by atoms with Crippen LogP contribution in [0.4, 0.5) is 10.5 Å². The highest BCUT2D eigenvalue weighted by Crippen LogP contribution is 2.44. The van der Waals surface area contributed by atoms with Gasteiger partial charge in [-0.05, 0) is 24.5 Å². The van der Waals surface area contributed by atoms with Crippen molar-refractivity contribution in [1.29, 1.82) is 0 Å². The number of nitrogens with one attached hydrogen (secondary N) is 1. The number of rotatable bonds is 0. The number of likely N-dealkylation sites (tertiary alicyclic amines) is 1. The van der Waals surface area contributed by atoms with Crippen molar-refractivity contribution >= 4 is 17.7 Å². The van der Waals surface area contributed by atoms with E-state index in [1.54, 1.807) is 17.3 Å². The van der Waals surface area contributed by atoms with Crippen LogP contribution in [0.2, 0.25) is 0 Å². The average Bonchev–Trinajstić information content (AvgIpc) is 2.72. The molecule has 100 valence electrons. The molecule has 3 heterocycles. The summed E-state index contributed by atoms with van der Waals surface area (Å²) in [6.07, 6.45) is 4.28. The fraction of sp³-hybridized carbons (Fsp3) is 0.462. The summed E-state index contributed by atoms with van der Waals surface area (Å²) in [5.41, 5.74) is 1.28. The van der Waals surface area contributed by atoms with Crippen molar-refractivity contribution < 1.29 is 14.3 Å². The molecule has 1 aromatic rings. The Labute approximate surface area is 110 Å². The summed E-state index contributed by atoms with van der Waals surface area (Å²) in [7, 11) is 1.37. The molecule has 0 radical (unpaired) electrons. The molecule has 3 rings (SSSR count). The van der Waals surface area contributed by atoms with E-state index in [9.17, 15) is 9.59 Å². The van der Waals surface area contributed by atoms with Crippen molar-refractivity contribution in [2.75, 3.05) is 25.5 Å². The predicted molar refractivity (Wildman–Crippen MR) is 67.8 cm³/mol. The van der Waals surface area contributed by atoms with Crippen LogP contribution in [0.15, 0.2) is 18.5 Å². The summed E-state index contributed by atoms with van der Waals surface area (Å²) in [5, 5.41) is 2.88. The molecule has 6 nitrogen and oxygen atoms in total. The molecule has 2 amide bonds. The molecule has 1 saturated heterocycles. The van der Waals surface area contributed by atoms with Gasteiger partial charge in [-0.2, -0.15) is 0 Å². The van der Waals surface area contributed by atoms with Crippen LogP contribution >= 0.6 is 0 Å². The number of ether oxygens (including phenoxy) is 1. The zero-order valence-corrected chi connectivity index (χ0v) is 10.7. The Bertz CT molecular complexity index is 536. The Morgan fingerprint density at radius 1 is 1.47 bits per heavy atom. The van der Waals surface area contributed by atoms with Crippen molar-refractivity contribution in [3.8, 4) is 0 Å². The Balaban J connectivity index is 1.87. The largest absolute Gasteiger partial charge is 0.453 e. The highest BCUT2D eigenvalue weighted by Gasteiger charge is 2.49. The van der Waals surface area contributed by atoms with Crippen molar-refractivity contribution in [1.82, 2.24) is 9.88 Å². The Kier molecular flexibility index (Phi) is 2.66. The van der Waals surface area contributed by atoms with E-state index in [-0.39, 0.29) is 12.0 Å². The van der Waals surface area contributed by atoms with Gasteiger partial charge in [-0.3, -0.25) is 9.78 Å². The van der Waals surface area contributed by atoms with Crippen LogP contribution < -0.4 is 5.32 Å². The van der Waals surface area contributed by atoms with E-state index in [1.165, 1.54) is 7.11 Å². The van der Waals surface area contributed by atoms with Gasteiger partial charge < -0.3 is 15.0 Å². The molecule has 2 aliphatic heterocycles. The summed E-state index contributed by atoms with van der Waals surface area (Å²) >= 11 is 0. The number of pyridine rings is 1. The molecule has 1 fully saturated rings. The van der Waals surface area contributed by atoms with Crippen LogP contribution in [0, 0.1) is 0 Å². The number of nitrogens with zero attached hydrogens (tertiary/aromatic N) is 2. The zero-order chi connectivity index (χ0) is 13.5. The first-order chi connectivity index (χ1) is 9.17. The third kappa shape index (κ3) is 1.67. The summed E-state index contributed by atoms with van der Waals surface area (Å²) in [6.45, 7) is 1.06. The topological polar surface area (TPSA) is 71.5 Å². The molecule has 19 heavy (non-hydrogen) atoms. The highest BCUT2D eigenvalue weighted by molar-refractivity contribution is 6.06. The van der Waals surface area contributed by atoms with Crippen molar-refractivity contribution in [2.24, 2.45) is 0 Å². The zero-order valence-electron chi connectivity index (χ0n) is 10.7. The number of piperidine rings is 1. The average molecular weight is 261 g/mol. The first-order valence-corrected chi connectivity index (χ1v) is 6.26. The summed E-state index contributed by atoms with van der Waals surface area (Å²) < 4.78 is 4.71. The van der Waals surface area contributed by atoms with Crippen LogP contribution in [0.1, 0.15) is 18.4 Å². The van der Waals surface area contributed by atoms with Gasteiger partial charge in [0.25, 0.3) is 0 Å². The maximum Gasteiger partial charge on any atom is 0.409 e. The summed E-state index contributed by atoms with van der Waals surface area (Å²) in [4.78, 5) is 29.4. The molecule has 0 aromatic carbocycles. The monoisotopic (exact) mass is 261 g/mol. The number of carbonyl (C=O) groups excluding carboxylic acids is 2. The van der Waals surface area contributed by atoms with E-state index in [0.717, 1.165) is 11.3 Å². The number of methoxy groups -OCH3 is 1. The maximum atomic E-state index is 12.3. The molecule has 1 N–H and O–H groups in total. The molecule has 0 unspecified atom stereocenters. The van der Waals surface area contributed by atoms with E-state index in [4.69, 9.17) is 4.74 Å². The second kappa shape index (κ2) is 4.22. The molecule has 0 atom stereocenters. The molecule has 2 aliphatic rings. The number of amides is 2. The van der Waals surface area contributed by atoms with E-state index in [1.807, 2.05) is 6.07 Å². The number of aromatic nitrogens is 1. The van der Waals surface area contributed by atoms with Crippen molar-refractivity contribution in [3.63, 3.8) is 0 Å². The van der Waals surface area contributed by atoms with Crippen LogP contribution in [0.3, 0.4) is 0 Å². The van der Waals surface area contributed by atoms with Gasteiger partial charge in [0.15, 0.2) is 0 Å². The molecular weight excluding hydrogens is 246 g/mol. The number of carbonyl (C=O) groups is 2. The smallest absolute Gasteiger partial charge is 0.409 e. The van der Waals surface area contributed by atoms with Crippen molar-refractivity contribution in [2.45, 2.75) is 18.3 Å². The normalized spacial score (nSPS) is 20.1. The van der Waals surface area contributed by atoms with Gasteiger partial charge in [-0.25, -0.2) is 4.79 Å². The lowest BCUT2D eigenvalue weighted by Crippen LogP contribution is -2.48. The van der Waals surface area contributed by atoms with Crippen LogP contribution in [-0.4, -0.2) is 42.1 Å². The Morgan fingerprint density at radius 2 is 2.21 bits per heavy atom. The Hall–Kier alpha value is -2.11. The van der Waals surface area contributed by atoms with Gasteiger partial charge in [-0.15, -0.1) is 0 Å². The van der Waals surface area contributed by atoms with E-state index >= 15 is 0 Å². The summed E-state index contributed by atoms with van der Waals surface area (Å²) in [5.74, 6) is 0.0139. The Morgan fingerprint density at radius 3 is 2.89 bits per heavy atom. The molecule has 1 aromatic heterocycles. The van der Waals surface area contributed by atoms with Crippen LogP contribution in [0.5, 0.6) is 0 Å². The lowest BCUT2D eigenvalue weighted by molar-refractivity contribution is -0.122. The SMILES string of the molecule is COC(=O)N1CCC2(CC1)C(=O)Nc1cnccc12. The van der Waals surface area contributed by atoms with Gasteiger partial charge in [0.2, 0.25) is 5.91 Å². The number of anilines is 1. The molecule has 0 aliphatic carbocycles. The quantitative estimate of drug-likeness (QED) is 0.760. The minimum Gasteiger partial charge on any atom is -0.453 e. The third-order valence-electron chi connectivity index (χ3n) is 4.07. The first-order valence-electron chi connectivity index (χ1n) is 6.26. The lowest BCUT2D eigenvalue weighted by Gasteiger charge is -2.37. The van der Waals surface area contributed by atoms with E-state index in [0.29, 0.717) is 25.9 Å². The molecular formula is C13H15N3O3. The lowest BCUT2D eigenvalue weighted by atomic mass is 9.74. The molecule has 6 heteroatoms. The third-order valence-corrected chi connectivity index (χ3v) is 4.07. The summed E-state index contributed by atoms with van der Waals surface area (Å²) in [6, 6.07) is 1.89. The number of fused-ring (bicyclic) bond motifs is 2. The first kappa shape index (κ1) is 12.0. The molecule has 1 spiro atoms. The van der Waals surface area contributed by atoms with Crippen LogP contribution in [0.25, 0.3) is 0 Å². The standard InChI is InChI=1S/C13H15N3O3/c1-19-12(18)16-6-3-13(4-7-16)9-2-5-14-8-10(9)15-11(13)17/h2,5,8H,3-4,6-7H2,1H3,(H,15,17). The number of hydrogen-bond acceptors (Lipinski definition) is 4. The van der Waals surface area contributed by atoms with Gasteiger partial charge >= 0.3 is 6.09 Å². The molecule has 0 bridgehead atoms. The minimum atomic E-state index is -0.511. The van der Waals surface area contributed by atoms with E-state index in [2.05, 4.69) is 10.3 Å². The molecule has 0 saturated carbocycles. The van der Waals surface area contributed by atoms with Crippen LogP contribution in [-0.2, 0) is 14.9 Å². The maximum absolute atomic E-state index is 12.3. The second-order valence-electron chi connectivity index (χ2n) is 4.91. The predicted octanol–water partition coefficient (Wildman–Crippen LogP) is 1.13. The van der Waals surface area contributed by atoms with E-state index < -0.39 is 5.41 Å². The van der Waals surface area contributed by atoms with Gasteiger partial charge in [0.05, 0.1) is 24.4 Å². The highest BCUT2D eigenvalue weighted by atomic mass is 16.5. The minimum absolute atomic E-state index is 0.0139. The second-order valence-corrected chi connectivity index (χ2v) is 4.91. The fourth-order valence-corrected chi connectivity index (χ4v) is 2.97.